The van der Waals surface area contributed by atoms with Crippen LogP contribution < -0.4 is 5.32 Å². The van der Waals surface area contributed by atoms with E-state index < -0.39 is 17.6 Å². The first-order valence-corrected chi connectivity index (χ1v) is 12.3. The zero-order valence-corrected chi connectivity index (χ0v) is 19.9. The van der Waals surface area contributed by atoms with E-state index in [1.54, 1.807) is 12.1 Å². The summed E-state index contributed by atoms with van der Waals surface area (Å²) in [6.07, 6.45) is -0.917. The molecule has 5 nitrogen and oxygen atoms in total. The van der Waals surface area contributed by atoms with Gasteiger partial charge in [-0.2, -0.15) is 13.2 Å². The molecule has 2 amide bonds. The number of nitrogens with zero attached hydrogens (tertiary/aromatic N) is 2. The van der Waals surface area contributed by atoms with Crippen LogP contribution in [0.2, 0.25) is 0 Å². The van der Waals surface area contributed by atoms with Gasteiger partial charge in [-0.05, 0) is 29.2 Å². The quantitative estimate of drug-likeness (QED) is 0.333. The Morgan fingerprint density at radius 1 is 1.24 bits per heavy atom. The van der Waals surface area contributed by atoms with Gasteiger partial charge in [0.25, 0.3) is 5.91 Å². The van der Waals surface area contributed by atoms with Gasteiger partial charge in [-0.1, -0.05) is 48.2 Å². The molecule has 1 aromatic carbocycles. The number of hydrogen-bond donors (Lipinski definition) is 1. The van der Waals surface area contributed by atoms with Gasteiger partial charge in [0.2, 0.25) is 5.91 Å². The van der Waals surface area contributed by atoms with Crippen molar-refractivity contribution in [1.82, 2.24) is 9.88 Å². The maximum atomic E-state index is 12.9. The number of thiazole rings is 1. The van der Waals surface area contributed by atoms with Crippen molar-refractivity contribution in [3.8, 4) is 0 Å². The summed E-state index contributed by atoms with van der Waals surface area (Å²) in [6, 6.07) is 8.83. The van der Waals surface area contributed by atoms with Crippen LogP contribution >= 0.6 is 46.7 Å². The van der Waals surface area contributed by atoms with Gasteiger partial charge in [-0.15, -0.1) is 22.7 Å². The van der Waals surface area contributed by atoms with Gasteiger partial charge in [0, 0.05) is 22.4 Å². The van der Waals surface area contributed by atoms with Gasteiger partial charge in [-0.25, -0.2) is 4.98 Å². The first kappa shape index (κ1) is 23.6. The number of hydrogen-bond acceptors (Lipinski definition) is 7. The average molecular weight is 526 g/mol. The lowest BCUT2D eigenvalue weighted by Crippen LogP contribution is -2.36. The fourth-order valence-electron chi connectivity index (χ4n) is 2.95. The molecule has 170 valence electrons. The SMILES string of the molecule is O=C(CN1C(=O)/C(=C\c2cccs2)SC1=S)Nc1ncc(Cc2cccc(C(F)(F)F)c2)s1. The summed E-state index contributed by atoms with van der Waals surface area (Å²) in [7, 11) is 0. The maximum absolute atomic E-state index is 12.9. The predicted octanol–water partition coefficient (Wildman–Crippen LogP) is 5.65. The standard InChI is InChI=1S/C21H14F3N3O2S4/c22-21(23,24)13-4-1-3-12(7-13)8-15-10-25-19(32-15)26-17(28)11-27-18(29)16(33-20(27)30)9-14-5-2-6-31-14/h1-7,9-10H,8,11H2,(H,25,26,28)/b16-9+. The van der Waals surface area contributed by atoms with Crippen LogP contribution in [0, 0.1) is 0 Å². The van der Waals surface area contributed by atoms with Gasteiger partial charge in [-0.3, -0.25) is 14.5 Å². The number of thiocarbonyl (C=S) groups is 1. The Labute approximate surface area is 204 Å². The fraction of sp³-hybridized carbons (Fsp3) is 0.143. The molecule has 1 aliphatic heterocycles. The third-order valence-corrected chi connectivity index (χ3v) is 7.53. The second kappa shape index (κ2) is 9.75. The number of alkyl halides is 3. The van der Waals surface area contributed by atoms with E-state index in [9.17, 15) is 22.8 Å². The third-order valence-electron chi connectivity index (χ3n) is 4.42. The molecule has 0 radical (unpaired) electrons. The van der Waals surface area contributed by atoms with Crippen LogP contribution in [0.5, 0.6) is 0 Å². The Balaban J connectivity index is 1.36. The largest absolute Gasteiger partial charge is 0.416 e. The number of rotatable bonds is 6. The molecule has 1 saturated heterocycles. The number of thiophene rings is 1. The molecule has 0 unspecified atom stereocenters. The van der Waals surface area contributed by atoms with Crippen LogP contribution in [0.3, 0.4) is 0 Å². The van der Waals surface area contributed by atoms with Crippen LogP contribution in [0.4, 0.5) is 18.3 Å². The smallest absolute Gasteiger partial charge is 0.300 e. The van der Waals surface area contributed by atoms with Crippen molar-refractivity contribution < 1.29 is 22.8 Å². The number of amides is 2. The molecule has 12 heteroatoms. The van der Waals surface area contributed by atoms with E-state index in [1.165, 1.54) is 28.5 Å². The van der Waals surface area contributed by atoms with Gasteiger partial charge in [0.05, 0.1) is 10.5 Å². The predicted molar refractivity (Wildman–Crippen MR) is 129 cm³/mol. The first-order valence-electron chi connectivity index (χ1n) is 9.38. The van der Waals surface area contributed by atoms with Crippen molar-refractivity contribution in [1.29, 1.82) is 0 Å². The summed E-state index contributed by atoms with van der Waals surface area (Å²) in [5.74, 6) is -0.804. The summed E-state index contributed by atoms with van der Waals surface area (Å²) in [5.41, 5.74) is -0.226. The Morgan fingerprint density at radius 2 is 2.06 bits per heavy atom. The Hall–Kier alpha value is -2.54. The number of halogens is 3. The molecular formula is C21H14F3N3O2S4. The second-order valence-corrected chi connectivity index (χ2v) is 10.6. The molecule has 1 aliphatic rings. The molecule has 0 spiro atoms. The van der Waals surface area contributed by atoms with Crippen LogP contribution in [0.25, 0.3) is 6.08 Å². The summed E-state index contributed by atoms with van der Waals surface area (Å²) in [4.78, 5) is 32.5. The second-order valence-electron chi connectivity index (χ2n) is 6.84. The summed E-state index contributed by atoms with van der Waals surface area (Å²) in [6.45, 7) is -0.255. The molecule has 1 fully saturated rings. The molecule has 4 rings (SSSR count). The number of nitrogens with one attached hydrogen (secondary N) is 1. The van der Waals surface area contributed by atoms with Crippen molar-refractivity contribution in [2.45, 2.75) is 12.6 Å². The molecule has 0 saturated carbocycles. The Kier molecular flexibility index (Phi) is 6.98. The number of benzene rings is 1. The maximum Gasteiger partial charge on any atom is 0.416 e. The number of anilines is 1. The number of aromatic nitrogens is 1. The lowest BCUT2D eigenvalue weighted by Gasteiger charge is -2.13. The minimum atomic E-state index is -4.41. The van der Waals surface area contributed by atoms with Crippen molar-refractivity contribution in [3.05, 3.63) is 73.8 Å². The van der Waals surface area contributed by atoms with E-state index in [-0.39, 0.29) is 18.9 Å². The fourth-order valence-corrected chi connectivity index (χ4v) is 5.79. The summed E-state index contributed by atoms with van der Waals surface area (Å²) >= 11 is 9.03. The van der Waals surface area contributed by atoms with Gasteiger partial charge in [0.15, 0.2) is 5.13 Å². The molecule has 1 N–H and O–H groups in total. The lowest BCUT2D eigenvalue weighted by atomic mass is 10.1. The van der Waals surface area contributed by atoms with Crippen molar-refractivity contribution >= 4 is 74.0 Å². The average Bonchev–Trinajstić information content (AvgIpc) is 3.47. The highest BCUT2D eigenvalue weighted by atomic mass is 32.2. The highest BCUT2D eigenvalue weighted by Gasteiger charge is 2.33. The van der Waals surface area contributed by atoms with E-state index in [1.807, 2.05) is 17.5 Å². The molecule has 3 aromatic rings. The highest BCUT2D eigenvalue weighted by molar-refractivity contribution is 8.26. The van der Waals surface area contributed by atoms with Crippen LogP contribution in [0.1, 0.15) is 20.9 Å². The normalized spacial score (nSPS) is 15.5. The molecule has 0 bridgehead atoms. The molecule has 33 heavy (non-hydrogen) atoms. The van der Waals surface area contributed by atoms with Crippen molar-refractivity contribution in [3.63, 3.8) is 0 Å². The Morgan fingerprint density at radius 3 is 2.79 bits per heavy atom. The molecule has 3 heterocycles. The molecule has 2 aromatic heterocycles. The van der Waals surface area contributed by atoms with Gasteiger partial charge >= 0.3 is 6.18 Å². The minimum absolute atomic E-state index is 0.250. The van der Waals surface area contributed by atoms with Crippen molar-refractivity contribution in [2.75, 3.05) is 11.9 Å². The van der Waals surface area contributed by atoms with Crippen LogP contribution in [-0.4, -0.2) is 32.6 Å². The van der Waals surface area contributed by atoms with Crippen LogP contribution in [-0.2, 0) is 22.2 Å². The van der Waals surface area contributed by atoms with Gasteiger partial charge < -0.3 is 5.32 Å². The molecule has 0 atom stereocenters. The van der Waals surface area contributed by atoms with Crippen molar-refractivity contribution in [2.24, 2.45) is 0 Å². The van der Waals surface area contributed by atoms with E-state index in [2.05, 4.69) is 10.3 Å². The number of thioether (sulfide) groups is 1. The highest BCUT2D eigenvalue weighted by Crippen LogP contribution is 2.33. The van der Waals surface area contributed by atoms with E-state index >= 15 is 0 Å². The summed E-state index contributed by atoms with van der Waals surface area (Å²) < 4.78 is 39.0. The summed E-state index contributed by atoms with van der Waals surface area (Å²) in [5, 5.41) is 4.81. The Bertz CT molecular complexity index is 1240. The van der Waals surface area contributed by atoms with Crippen LogP contribution in [0.15, 0.2) is 52.9 Å². The van der Waals surface area contributed by atoms with Gasteiger partial charge in [0.1, 0.15) is 10.9 Å². The van der Waals surface area contributed by atoms with E-state index in [4.69, 9.17) is 12.2 Å². The number of carbonyl (C=O) groups excluding carboxylic acids is 2. The zero-order chi connectivity index (χ0) is 23.6. The monoisotopic (exact) mass is 525 g/mol. The van der Waals surface area contributed by atoms with E-state index in [0.29, 0.717) is 24.8 Å². The lowest BCUT2D eigenvalue weighted by molar-refractivity contribution is -0.137. The topological polar surface area (TPSA) is 62.3 Å². The zero-order valence-electron chi connectivity index (χ0n) is 16.6. The first-order chi connectivity index (χ1) is 15.7. The number of carbonyl (C=O) groups is 2. The molecule has 0 aliphatic carbocycles. The van der Waals surface area contributed by atoms with E-state index in [0.717, 1.165) is 40.1 Å². The minimum Gasteiger partial charge on any atom is -0.300 e. The molecular weight excluding hydrogens is 512 g/mol. The third kappa shape index (κ3) is 5.88.